The van der Waals surface area contributed by atoms with Gasteiger partial charge in [0.25, 0.3) is 5.69 Å². The summed E-state index contributed by atoms with van der Waals surface area (Å²) >= 11 is 0. The van der Waals surface area contributed by atoms with Crippen LogP contribution in [0.2, 0.25) is 0 Å². The highest BCUT2D eigenvalue weighted by atomic mass is 33.1. The number of carbonyl (C=O) groups is 8. The lowest BCUT2D eigenvalue weighted by Gasteiger charge is -2.29. The van der Waals surface area contributed by atoms with Gasteiger partial charge in [-0.25, -0.2) is 0 Å². The Balaban J connectivity index is 1.39. The fourth-order valence-electron chi connectivity index (χ4n) is 8.78. The predicted molar refractivity (Wildman–Crippen MR) is 306 cm³/mol. The van der Waals surface area contributed by atoms with Crippen LogP contribution in [0.25, 0.3) is 10.9 Å². The number of nitro groups is 1. The van der Waals surface area contributed by atoms with Crippen molar-refractivity contribution in [1.29, 1.82) is 0 Å². The molecule has 1 saturated heterocycles. The molecular formula is C55H68N12O12S2. The number of aromatic amines is 1. The van der Waals surface area contributed by atoms with Gasteiger partial charge in [-0.1, -0.05) is 90.0 Å². The van der Waals surface area contributed by atoms with Crippen molar-refractivity contribution in [2.24, 2.45) is 23.1 Å². The number of primary amides is 1. The molecule has 432 valence electrons. The van der Waals surface area contributed by atoms with Crippen LogP contribution in [0.1, 0.15) is 55.4 Å². The fraction of sp³-hybridized carbons (Fsp3) is 0.382. The average molecular weight is 1150 g/mol. The zero-order chi connectivity index (χ0) is 58.8. The Morgan fingerprint density at radius 2 is 1.27 bits per heavy atom. The maximum atomic E-state index is 14.9. The quantitative estimate of drug-likeness (QED) is 0.0239. The lowest BCUT2D eigenvalue weighted by molar-refractivity contribution is -0.384. The van der Waals surface area contributed by atoms with E-state index in [1.54, 1.807) is 26.1 Å². The zero-order valence-corrected chi connectivity index (χ0v) is 46.2. The monoisotopic (exact) mass is 1150 g/mol. The number of hydrogen-bond donors (Lipinski definition) is 13. The number of aromatic hydroxyl groups is 2. The third-order valence-electron chi connectivity index (χ3n) is 13.4. The molecule has 8 atom stereocenters. The first-order valence-corrected chi connectivity index (χ1v) is 28.6. The molecule has 81 heavy (non-hydrogen) atoms. The molecule has 0 bridgehead atoms. The van der Waals surface area contributed by atoms with Crippen LogP contribution in [0.5, 0.6) is 11.5 Å². The molecule has 4 aromatic carbocycles. The Morgan fingerprint density at radius 3 is 1.90 bits per heavy atom. The lowest BCUT2D eigenvalue weighted by atomic mass is 10.00. The van der Waals surface area contributed by atoms with Crippen molar-refractivity contribution in [3.8, 4) is 11.5 Å². The normalized spacial score (nSPS) is 20.6. The molecule has 2 heterocycles. The number of aromatic nitrogens is 1. The van der Waals surface area contributed by atoms with E-state index in [0.717, 1.165) is 32.5 Å². The van der Waals surface area contributed by atoms with Crippen LogP contribution in [0.3, 0.4) is 0 Å². The third-order valence-corrected chi connectivity index (χ3v) is 15.8. The van der Waals surface area contributed by atoms with Crippen molar-refractivity contribution in [3.05, 3.63) is 136 Å². The summed E-state index contributed by atoms with van der Waals surface area (Å²) < 4.78 is 0. The van der Waals surface area contributed by atoms with Gasteiger partial charge in [0.1, 0.15) is 53.8 Å². The van der Waals surface area contributed by atoms with E-state index in [-0.39, 0.29) is 67.3 Å². The van der Waals surface area contributed by atoms with Crippen LogP contribution < -0.4 is 54.4 Å². The standard InChI is InChI=1S/C55H68N12O12S2/c1-30(2)47-55(77)65-46(53(75)61-42(48(58)70)24-32-12-18-36(68)19-13-32)29-81-80-28-45(64-49(71)39(57)23-31-10-16-35(17-11-31)67(78)79)54(76)62-43(25-33-14-20-37(69)21-15-33)51(73)63-44(26-34-27-59-40-8-4-3-7-38(34)40)52(74)60-41(50(72)66-47)9-5-6-22-56/h3-4,7-8,10-21,27,30,39,41-47,59,68-69H,5-6,9,22-26,28-29,56-57H2,1-2H3,(H2,58,70)(H,60,74)(H,61,75)(H,62,76)(H,63,73)(H,64,71)(H,65,77)(H,66,72)/t39-,41-,42-,43-,44+,45+,46-,47-/m0/s1. The van der Waals surface area contributed by atoms with Crippen LogP contribution in [-0.4, -0.2) is 134 Å². The molecule has 0 saturated carbocycles. The predicted octanol–water partition coefficient (Wildman–Crippen LogP) is 1.14. The average Bonchev–Trinajstić information content (AvgIpc) is 4.04. The molecule has 5 aromatic rings. The molecule has 1 aromatic heterocycles. The first-order valence-electron chi connectivity index (χ1n) is 26.2. The van der Waals surface area contributed by atoms with E-state index < -0.39 is 106 Å². The molecule has 8 amide bonds. The van der Waals surface area contributed by atoms with Gasteiger partial charge in [0.05, 0.1) is 11.0 Å². The van der Waals surface area contributed by atoms with Crippen LogP contribution in [0, 0.1) is 16.0 Å². The van der Waals surface area contributed by atoms with Crippen LogP contribution in [-0.2, 0) is 64.0 Å². The number of nitrogens with one attached hydrogen (secondary N) is 8. The first-order chi connectivity index (χ1) is 38.7. The Kier molecular flexibility index (Phi) is 22.9. The van der Waals surface area contributed by atoms with E-state index in [0.29, 0.717) is 35.1 Å². The zero-order valence-electron chi connectivity index (χ0n) is 44.6. The number of benzene rings is 4. The number of non-ortho nitro benzene ring substituents is 1. The van der Waals surface area contributed by atoms with E-state index in [1.807, 2.05) is 18.2 Å². The number of phenols is 2. The van der Waals surface area contributed by atoms with Gasteiger partial charge >= 0.3 is 0 Å². The van der Waals surface area contributed by atoms with Crippen molar-refractivity contribution >= 4 is 85.4 Å². The number of rotatable bonds is 19. The summed E-state index contributed by atoms with van der Waals surface area (Å²) in [5, 5.41) is 51.1. The molecule has 1 aliphatic rings. The molecule has 0 aliphatic carbocycles. The van der Waals surface area contributed by atoms with Gasteiger partial charge < -0.3 is 69.6 Å². The van der Waals surface area contributed by atoms with Gasteiger partial charge in [-0.3, -0.25) is 48.5 Å². The maximum absolute atomic E-state index is 14.9. The highest BCUT2D eigenvalue weighted by Crippen LogP contribution is 2.25. The molecule has 0 spiro atoms. The molecule has 1 aliphatic heterocycles. The van der Waals surface area contributed by atoms with Crippen molar-refractivity contribution in [2.75, 3.05) is 18.1 Å². The van der Waals surface area contributed by atoms with Gasteiger partial charge in [-0.15, -0.1) is 0 Å². The third kappa shape index (κ3) is 18.4. The number of hydrogen-bond acceptors (Lipinski definition) is 16. The van der Waals surface area contributed by atoms with E-state index in [1.165, 1.54) is 72.8 Å². The fourth-order valence-corrected chi connectivity index (χ4v) is 11.1. The van der Waals surface area contributed by atoms with Crippen molar-refractivity contribution in [2.45, 2.75) is 107 Å². The molecule has 0 unspecified atom stereocenters. The molecule has 6 rings (SSSR count). The summed E-state index contributed by atoms with van der Waals surface area (Å²) in [5.74, 6) is -7.91. The highest BCUT2D eigenvalue weighted by molar-refractivity contribution is 8.76. The Hall–Kier alpha value is -8.20. The second-order valence-corrected chi connectivity index (χ2v) is 22.4. The summed E-state index contributed by atoms with van der Waals surface area (Å²) in [6.07, 6.45) is 2.03. The van der Waals surface area contributed by atoms with Gasteiger partial charge in [-0.2, -0.15) is 0 Å². The van der Waals surface area contributed by atoms with Crippen LogP contribution in [0.15, 0.2) is 103 Å². The van der Waals surface area contributed by atoms with Crippen molar-refractivity contribution < 1.29 is 53.5 Å². The lowest BCUT2D eigenvalue weighted by Crippen LogP contribution is -2.61. The van der Waals surface area contributed by atoms with E-state index >= 15 is 0 Å². The highest BCUT2D eigenvalue weighted by Gasteiger charge is 2.36. The number of nitro benzene ring substituents is 1. The van der Waals surface area contributed by atoms with Crippen LogP contribution >= 0.6 is 21.6 Å². The van der Waals surface area contributed by atoms with Gasteiger partial charge in [0, 0.05) is 60.0 Å². The maximum Gasteiger partial charge on any atom is 0.269 e. The number of para-hydroxylation sites is 1. The van der Waals surface area contributed by atoms with Crippen molar-refractivity contribution in [3.63, 3.8) is 0 Å². The second kappa shape index (κ2) is 29.9. The smallest absolute Gasteiger partial charge is 0.269 e. The molecule has 24 nitrogen and oxygen atoms in total. The van der Waals surface area contributed by atoms with Crippen LogP contribution in [0.4, 0.5) is 5.69 Å². The molecule has 26 heteroatoms. The molecule has 1 fully saturated rings. The number of carbonyl (C=O) groups excluding carboxylic acids is 8. The minimum absolute atomic E-state index is 0.0376. The largest absolute Gasteiger partial charge is 0.508 e. The summed E-state index contributed by atoms with van der Waals surface area (Å²) in [5.41, 5.74) is 20.6. The van der Waals surface area contributed by atoms with Gasteiger partial charge in [-0.05, 0) is 90.7 Å². The summed E-state index contributed by atoms with van der Waals surface area (Å²) in [4.78, 5) is 128. The number of fused-ring (bicyclic) bond motifs is 1. The summed E-state index contributed by atoms with van der Waals surface area (Å²) in [6.45, 7) is 3.58. The minimum Gasteiger partial charge on any atom is -0.508 e. The Morgan fingerprint density at radius 1 is 0.704 bits per heavy atom. The molecule has 16 N–H and O–H groups in total. The number of unbranched alkanes of at least 4 members (excludes halogenated alkanes) is 1. The number of phenolic OH excluding ortho intramolecular Hbond substituents is 2. The number of nitrogens with two attached hydrogens (primary N) is 3. The SMILES string of the molecule is CC(C)[C@@H]1NC(=O)[C@H](CCCCN)NC(=O)[C@@H](Cc2c[nH]c3ccccc23)NC(=O)[C@H](Cc2ccc(O)cc2)NC(=O)[C@H](NC(=O)[C@@H](N)Cc2ccc([N+](=O)[O-])cc2)CSSC[C@@H](C(=O)N[C@@H](Cc2ccc(O)cc2)C(N)=O)NC1=O. The summed E-state index contributed by atoms with van der Waals surface area (Å²) in [6, 6.07) is 13.4. The number of amides is 8. The molecule has 0 radical (unpaired) electrons. The Bertz CT molecular complexity index is 3020. The number of H-pyrrole nitrogens is 1. The number of nitrogens with zero attached hydrogens (tertiary/aromatic N) is 1. The van der Waals surface area contributed by atoms with Gasteiger partial charge in [0.15, 0.2) is 0 Å². The van der Waals surface area contributed by atoms with Crippen molar-refractivity contribution in [1.82, 2.24) is 42.2 Å². The summed E-state index contributed by atoms with van der Waals surface area (Å²) in [7, 11) is 1.97. The first kappa shape index (κ1) is 62.0. The molecular weight excluding hydrogens is 1080 g/mol. The topological polar surface area (TPSA) is 398 Å². The van der Waals surface area contributed by atoms with E-state index in [9.17, 15) is 58.7 Å². The minimum atomic E-state index is -1.47. The Labute approximate surface area is 474 Å². The van der Waals surface area contributed by atoms with Gasteiger partial charge in [0.2, 0.25) is 47.3 Å². The van der Waals surface area contributed by atoms with E-state index in [2.05, 4.69) is 42.2 Å². The second-order valence-electron chi connectivity index (χ2n) is 19.9. The van der Waals surface area contributed by atoms with E-state index in [4.69, 9.17) is 17.2 Å².